The average molecular weight is 301 g/mol. The molecule has 1 fully saturated rings. The molecular formula is C18H23NO3. The molecule has 0 saturated carbocycles. The lowest BCUT2D eigenvalue weighted by Gasteiger charge is -2.32. The number of rotatable bonds is 2. The van der Waals surface area contributed by atoms with Gasteiger partial charge in [-0.2, -0.15) is 0 Å². The summed E-state index contributed by atoms with van der Waals surface area (Å²) >= 11 is 0. The topological polar surface area (TPSA) is 46.6 Å². The van der Waals surface area contributed by atoms with Crippen molar-refractivity contribution in [1.82, 2.24) is 4.90 Å². The van der Waals surface area contributed by atoms with Gasteiger partial charge in [0, 0.05) is 19.5 Å². The molecule has 0 aromatic heterocycles. The van der Waals surface area contributed by atoms with E-state index in [1.807, 2.05) is 63.3 Å². The highest BCUT2D eigenvalue weighted by molar-refractivity contribution is 5.86. The number of likely N-dealkylation sites (tertiary alicyclic amines) is 1. The molecular weight excluding hydrogens is 278 g/mol. The second-order valence-corrected chi connectivity index (χ2v) is 6.52. The Morgan fingerprint density at radius 3 is 2.59 bits per heavy atom. The van der Waals surface area contributed by atoms with Crippen molar-refractivity contribution in [3.8, 4) is 0 Å². The second kappa shape index (κ2) is 6.77. The van der Waals surface area contributed by atoms with E-state index in [1.165, 1.54) is 0 Å². The standard InChI is InChI=1S/C18H23NO3/c1-18(2,3)22-17(21)19-12-11-16(20)15(13-19)10-9-14-7-5-4-6-8-14/h4-10,15H,11-13H2,1-3H3/b10-9+. The van der Waals surface area contributed by atoms with Gasteiger partial charge in [0.25, 0.3) is 0 Å². The maximum atomic E-state index is 12.1. The molecule has 118 valence electrons. The number of piperidine rings is 1. The predicted molar refractivity (Wildman–Crippen MR) is 86.4 cm³/mol. The summed E-state index contributed by atoms with van der Waals surface area (Å²) in [5.74, 6) is -0.0894. The van der Waals surface area contributed by atoms with Crippen molar-refractivity contribution in [2.45, 2.75) is 32.8 Å². The second-order valence-electron chi connectivity index (χ2n) is 6.52. The van der Waals surface area contributed by atoms with Crippen molar-refractivity contribution in [2.24, 2.45) is 5.92 Å². The highest BCUT2D eigenvalue weighted by Crippen LogP contribution is 2.19. The van der Waals surface area contributed by atoms with E-state index < -0.39 is 5.60 Å². The molecule has 1 unspecified atom stereocenters. The van der Waals surface area contributed by atoms with Crippen molar-refractivity contribution >= 4 is 18.0 Å². The largest absolute Gasteiger partial charge is 0.444 e. The zero-order valence-corrected chi connectivity index (χ0v) is 13.4. The predicted octanol–water partition coefficient (Wildman–Crippen LogP) is 3.53. The molecule has 0 bridgehead atoms. The number of hydrogen-bond donors (Lipinski definition) is 0. The fraction of sp³-hybridized carbons (Fsp3) is 0.444. The number of ketones is 1. The van der Waals surface area contributed by atoms with Crippen molar-refractivity contribution in [1.29, 1.82) is 0 Å². The van der Waals surface area contributed by atoms with Crippen LogP contribution in [0, 0.1) is 5.92 Å². The summed E-state index contributed by atoms with van der Waals surface area (Å²) < 4.78 is 5.38. The smallest absolute Gasteiger partial charge is 0.410 e. The number of carbonyl (C=O) groups excluding carboxylic acids is 2. The van der Waals surface area contributed by atoms with Crippen molar-refractivity contribution in [3.05, 3.63) is 42.0 Å². The van der Waals surface area contributed by atoms with Gasteiger partial charge >= 0.3 is 6.09 Å². The lowest BCUT2D eigenvalue weighted by molar-refractivity contribution is -0.124. The van der Waals surface area contributed by atoms with Gasteiger partial charge in [-0.05, 0) is 26.3 Å². The van der Waals surface area contributed by atoms with Gasteiger partial charge in [0.15, 0.2) is 0 Å². The first-order chi connectivity index (χ1) is 10.3. The van der Waals surface area contributed by atoms with E-state index in [-0.39, 0.29) is 17.8 Å². The Morgan fingerprint density at radius 1 is 1.27 bits per heavy atom. The fourth-order valence-electron chi connectivity index (χ4n) is 2.31. The first-order valence-electron chi connectivity index (χ1n) is 7.59. The van der Waals surface area contributed by atoms with Crippen LogP contribution in [0.1, 0.15) is 32.8 Å². The Kier molecular flexibility index (Phi) is 5.01. The Bertz CT molecular complexity index is 557. The molecule has 4 nitrogen and oxygen atoms in total. The Hall–Kier alpha value is -2.10. The van der Waals surface area contributed by atoms with Crippen LogP contribution in [-0.2, 0) is 9.53 Å². The van der Waals surface area contributed by atoms with Crippen molar-refractivity contribution in [3.63, 3.8) is 0 Å². The molecule has 4 heteroatoms. The fourth-order valence-corrected chi connectivity index (χ4v) is 2.31. The molecule has 0 spiro atoms. The molecule has 1 amide bonds. The third kappa shape index (κ3) is 4.72. The highest BCUT2D eigenvalue weighted by Gasteiger charge is 2.30. The van der Waals surface area contributed by atoms with E-state index >= 15 is 0 Å². The number of carbonyl (C=O) groups is 2. The molecule has 1 aliphatic heterocycles. The molecule has 1 saturated heterocycles. The van der Waals surface area contributed by atoms with Crippen LogP contribution in [0.4, 0.5) is 4.79 Å². The minimum atomic E-state index is -0.520. The Labute approximate surface area is 131 Å². The monoisotopic (exact) mass is 301 g/mol. The van der Waals surface area contributed by atoms with E-state index in [4.69, 9.17) is 4.74 Å². The van der Waals surface area contributed by atoms with Gasteiger partial charge in [-0.15, -0.1) is 0 Å². The lowest BCUT2D eigenvalue weighted by atomic mass is 9.95. The van der Waals surface area contributed by atoms with Crippen LogP contribution in [0.2, 0.25) is 0 Å². The normalized spacial score (nSPS) is 19.5. The summed E-state index contributed by atoms with van der Waals surface area (Å²) in [6, 6.07) is 9.82. The number of ether oxygens (including phenoxy) is 1. The first kappa shape index (κ1) is 16.3. The summed E-state index contributed by atoms with van der Waals surface area (Å²) in [5.41, 5.74) is 0.526. The van der Waals surface area contributed by atoms with Crippen LogP contribution < -0.4 is 0 Å². The maximum absolute atomic E-state index is 12.1. The molecule has 0 radical (unpaired) electrons. The maximum Gasteiger partial charge on any atom is 0.410 e. The van der Waals surface area contributed by atoms with E-state index in [9.17, 15) is 9.59 Å². The minimum absolute atomic E-state index is 0.173. The molecule has 1 aliphatic rings. The summed E-state index contributed by atoms with van der Waals surface area (Å²) in [4.78, 5) is 25.8. The van der Waals surface area contributed by atoms with E-state index in [2.05, 4.69) is 0 Å². The molecule has 2 rings (SSSR count). The van der Waals surface area contributed by atoms with Crippen LogP contribution in [0.25, 0.3) is 6.08 Å². The third-order valence-electron chi connectivity index (χ3n) is 3.43. The Balaban J connectivity index is 2.01. The summed E-state index contributed by atoms with van der Waals surface area (Å²) in [7, 11) is 0. The van der Waals surface area contributed by atoms with Gasteiger partial charge in [0.2, 0.25) is 0 Å². The molecule has 22 heavy (non-hydrogen) atoms. The summed E-state index contributed by atoms with van der Waals surface area (Å²) in [6.07, 6.45) is 3.84. The third-order valence-corrected chi connectivity index (χ3v) is 3.43. The number of hydrogen-bond acceptors (Lipinski definition) is 3. The van der Waals surface area contributed by atoms with Crippen LogP contribution in [0.5, 0.6) is 0 Å². The van der Waals surface area contributed by atoms with Crippen LogP contribution in [0.15, 0.2) is 36.4 Å². The number of amides is 1. The van der Waals surface area contributed by atoms with Gasteiger partial charge in [0.1, 0.15) is 11.4 Å². The summed E-state index contributed by atoms with van der Waals surface area (Å²) in [6.45, 7) is 6.34. The van der Waals surface area contributed by atoms with Crippen molar-refractivity contribution < 1.29 is 14.3 Å². The van der Waals surface area contributed by atoms with Gasteiger partial charge < -0.3 is 9.64 Å². The number of nitrogens with zero attached hydrogens (tertiary/aromatic N) is 1. The number of benzene rings is 1. The lowest BCUT2D eigenvalue weighted by Crippen LogP contribution is -2.45. The van der Waals surface area contributed by atoms with Crippen molar-refractivity contribution in [2.75, 3.05) is 13.1 Å². The molecule has 0 N–H and O–H groups in total. The zero-order valence-electron chi connectivity index (χ0n) is 13.4. The number of Topliss-reactive ketones (excluding diaryl/α,β-unsaturated/α-hetero) is 1. The average Bonchev–Trinajstić information content (AvgIpc) is 2.45. The molecule has 1 aromatic rings. The van der Waals surface area contributed by atoms with E-state index in [1.54, 1.807) is 4.90 Å². The van der Waals surface area contributed by atoms with Crippen LogP contribution in [-0.4, -0.2) is 35.5 Å². The van der Waals surface area contributed by atoms with Crippen LogP contribution >= 0.6 is 0 Å². The first-order valence-corrected chi connectivity index (χ1v) is 7.59. The minimum Gasteiger partial charge on any atom is -0.444 e. The summed E-state index contributed by atoms with van der Waals surface area (Å²) in [5, 5.41) is 0. The van der Waals surface area contributed by atoms with Gasteiger partial charge in [-0.3, -0.25) is 4.79 Å². The molecule has 1 aromatic carbocycles. The Morgan fingerprint density at radius 2 is 1.95 bits per heavy atom. The van der Waals surface area contributed by atoms with Gasteiger partial charge in [-0.25, -0.2) is 4.79 Å². The van der Waals surface area contributed by atoms with Gasteiger partial charge in [-0.1, -0.05) is 42.5 Å². The zero-order chi connectivity index (χ0) is 16.2. The highest BCUT2D eigenvalue weighted by atomic mass is 16.6. The van der Waals surface area contributed by atoms with E-state index in [0.29, 0.717) is 19.5 Å². The molecule has 1 heterocycles. The SMILES string of the molecule is CC(C)(C)OC(=O)N1CCC(=O)C(/C=C/c2ccccc2)C1. The van der Waals surface area contributed by atoms with Gasteiger partial charge in [0.05, 0.1) is 5.92 Å². The quantitative estimate of drug-likeness (QED) is 0.839. The molecule has 1 atom stereocenters. The molecule has 0 aliphatic carbocycles. The van der Waals surface area contributed by atoms with E-state index in [0.717, 1.165) is 5.56 Å². The van der Waals surface area contributed by atoms with Crippen LogP contribution in [0.3, 0.4) is 0 Å².